The molecular weight excluding hydrogens is 420 g/mol. The van der Waals surface area contributed by atoms with Crippen LogP contribution in [0.5, 0.6) is 0 Å². The second-order valence-electron chi connectivity index (χ2n) is 7.18. The lowest BCUT2D eigenvalue weighted by Crippen LogP contribution is -1.97. The van der Waals surface area contributed by atoms with Crippen molar-refractivity contribution in [2.45, 2.75) is 6.42 Å². The summed E-state index contributed by atoms with van der Waals surface area (Å²) >= 11 is 1.49. The Balaban J connectivity index is 1.68. The molecule has 0 atom stereocenters. The molecule has 5 aromatic rings. The third kappa shape index (κ3) is 4.06. The number of carbonyl (C=O) groups is 1. The van der Waals surface area contributed by atoms with Gasteiger partial charge in [-0.3, -0.25) is 9.78 Å². The maximum atomic E-state index is 11.7. The maximum Gasteiger partial charge on any atom is 0.307 e. The minimum absolute atomic E-state index is 0.136. The van der Waals surface area contributed by atoms with Gasteiger partial charge in [-0.25, -0.2) is 9.67 Å². The minimum atomic E-state index is -0.908. The molecule has 0 saturated carbocycles. The Kier molecular flexibility index (Phi) is 5.31. The molecule has 0 bridgehead atoms. The van der Waals surface area contributed by atoms with Gasteiger partial charge in [0.15, 0.2) is 0 Å². The predicted octanol–water partition coefficient (Wildman–Crippen LogP) is 5.56. The van der Waals surface area contributed by atoms with Crippen LogP contribution in [-0.2, 0) is 4.79 Å². The minimum Gasteiger partial charge on any atom is -0.481 e. The van der Waals surface area contributed by atoms with Crippen molar-refractivity contribution in [2.24, 2.45) is 0 Å². The highest BCUT2D eigenvalue weighted by Crippen LogP contribution is 2.32. The van der Waals surface area contributed by atoms with Crippen molar-refractivity contribution in [2.75, 3.05) is 0 Å². The van der Waals surface area contributed by atoms with Crippen molar-refractivity contribution in [3.8, 4) is 16.9 Å². The van der Waals surface area contributed by atoms with E-state index in [4.69, 9.17) is 5.10 Å². The van der Waals surface area contributed by atoms with Crippen molar-refractivity contribution in [1.82, 2.24) is 19.7 Å². The second-order valence-corrected chi connectivity index (χ2v) is 8.21. The number of benzene rings is 2. The number of para-hydroxylation sites is 2. The quantitative estimate of drug-likeness (QED) is 0.375. The number of aliphatic carboxylic acids is 1. The lowest BCUT2D eigenvalue weighted by molar-refractivity contribution is -0.135. The summed E-state index contributed by atoms with van der Waals surface area (Å²) in [6.07, 6.45) is 7.12. The first-order valence-corrected chi connectivity index (χ1v) is 10.8. The number of nitrogens with zero attached hydrogens (tertiary/aromatic N) is 4. The van der Waals surface area contributed by atoms with Crippen LogP contribution in [0.15, 0.2) is 85.3 Å². The fourth-order valence-corrected chi connectivity index (χ4v) is 4.46. The fourth-order valence-electron chi connectivity index (χ4n) is 3.48. The molecule has 2 aromatic carbocycles. The number of thiazole rings is 1. The van der Waals surface area contributed by atoms with Crippen LogP contribution in [0, 0.1) is 0 Å². The van der Waals surface area contributed by atoms with Crippen LogP contribution in [0.25, 0.3) is 38.8 Å². The van der Waals surface area contributed by atoms with Gasteiger partial charge in [0.1, 0.15) is 10.7 Å². The monoisotopic (exact) mass is 438 g/mol. The van der Waals surface area contributed by atoms with E-state index in [1.54, 1.807) is 17.1 Å². The molecule has 0 aliphatic heterocycles. The molecule has 0 aliphatic rings. The average Bonchev–Trinajstić information content (AvgIpc) is 3.44. The van der Waals surface area contributed by atoms with Gasteiger partial charge in [0.05, 0.1) is 22.3 Å². The summed E-state index contributed by atoms with van der Waals surface area (Å²) in [5, 5.41) is 15.1. The molecular formula is C25H18N4O2S. The normalized spacial score (nSPS) is 11.7. The molecule has 32 heavy (non-hydrogen) atoms. The molecule has 6 nitrogen and oxygen atoms in total. The highest BCUT2D eigenvalue weighted by atomic mass is 32.1. The van der Waals surface area contributed by atoms with E-state index in [9.17, 15) is 9.90 Å². The summed E-state index contributed by atoms with van der Waals surface area (Å²) in [7, 11) is 0. The lowest BCUT2D eigenvalue weighted by atomic mass is 10.1. The lowest BCUT2D eigenvalue weighted by Gasteiger charge is -2.02. The smallest absolute Gasteiger partial charge is 0.307 e. The number of rotatable bonds is 6. The Morgan fingerprint density at radius 1 is 1.03 bits per heavy atom. The maximum absolute atomic E-state index is 11.7. The van der Waals surface area contributed by atoms with Crippen LogP contribution >= 0.6 is 11.3 Å². The van der Waals surface area contributed by atoms with Crippen molar-refractivity contribution < 1.29 is 9.90 Å². The highest BCUT2D eigenvalue weighted by molar-refractivity contribution is 7.19. The van der Waals surface area contributed by atoms with Gasteiger partial charge in [-0.2, -0.15) is 5.10 Å². The molecule has 3 heterocycles. The molecule has 156 valence electrons. The SMILES string of the molecule is O=C(O)CC(=Cc1cn(-c2ccccc2)nc1-c1cccnc1)c1nc2ccccc2s1. The van der Waals surface area contributed by atoms with Crippen molar-refractivity contribution in [3.05, 3.63) is 95.9 Å². The third-order valence-corrected chi connectivity index (χ3v) is 6.05. The van der Waals surface area contributed by atoms with Gasteiger partial charge in [0.25, 0.3) is 0 Å². The first-order chi connectivity index (χ1) is 15.7. The van der Waals surface area contributed by atoms with Gasteiger partial charge >= 0.3 is 5.97 Å². The largest absolute Gasteiger partial charge is 0.481 e. The number of aromatic nitrogens is 4. The van der Waals surface area contributed by atoms with E-state index in [-0.39, 0.29) is 6.42 Å². The van der Waals surface area contributed by atoms with Crippen LogP contribution in [-0.4, -0.2) is 30.8 Å². The molecule has 0 aliphatic carbocycles. The molecule has 0 fully saturated rings. The number of carboxylic acids is 1. The second kappa shape index (κ2) is 8.56. The zero-order valence-electron chi connectivity index (χ0n) is 16.9. The molecule has 7 heteroatoms. The molecule has 3 aromatic heterocycles. The standard InChI is InChI=1S/C25H18N4O2S/c30-23(31)14-18(25-27-21-10-4-5-11-22(21)32-25)13-19-16-29(20-8-2-1-3-9-20)28-24(19)17-7-6-12-26-15-17/h1-13,15-16H,14H2,(H,30,31). The van der Waals surface area contributed by atoms with Gasteiger partial charge in [-0.05, 0) is 48.0 Å². The Morgan fingerprint density at radius 2 is 1.84 bits per heavy atom. The van der Waals surface area contributed by atoms with Crippen molar-refractivity contribution >= 4 is 39.2 Å². The zero-order valence-corrected chi connectivity index (χ0v) is 17.7. The Hall–Kier alpha value is -4.10. The van der Waals surface area contributed by atoms with E-state index in [1.165, 1.54) is 11.3 Å². The molecule has 1 N–H and O–H groups in total. The van der Waals surface area contributed by atoms with Gasteiger partial charge < -0.3 is 5.11 Å². The molecule has 0 spiro atoms. The summed E-state index contributed by atoms with van der Waals surface area (Å²) in [6.45, 7) is 0. The summed E-state index contributed by atoms with van der Waals surface area (Å²) in [6, 6.07) is 21.4. The number of pyridine rings is 1. The van der Waals surface area contributed by atoms with E-state index < -0.39 is 5.97 Å². The fraction of sp³-hybridized carbons (Fsp3) is 0.0400. The van der Waals surface area contributed by atoms with Gasteiger partial charge in [-0.1, -0.05) is 30.3 Å². The number of fused-ring (bicyclic) bond motifs is 1. The van der Waals surface area contributed by atoms with E-state index in [0.29, 0.717) is 10.6 Å². The van der Waals surface area contributed by atoms with E-state index >= 15 is 0 Å². The first-order valence-electron chi connectivity index (χ1n) is 10.0. The number of hydrogen-bond acceptors (Lipinski definition) is 5. The summed E-state index contributed by atoms with van der Waals surface area (Å²) < 4.78 is 2.82. The number of carboxylic acid groups (broad SMARTS) is 1. The van der Waals surface area contributed by atoms with Crippen molar-refractivity contribution in [3.63, 3.8) is 0 Å². The molecule has 0 amide bonds. The van der Waals surface area contributed by atoms with Crippen LogP contribution in [0.4, 0.5) is 0 Å². The Morgan fingerprint density at radius 3 is 2.59 bits per heavy atom. The number of hydrogen-bond donors (Lipinski definition) is 1. The Labute approximate surface area is 188 Å². The van der Waals surface area contributed by atoms with E-state index in [0.717, 1.165) is 32.7 Å². The van der Waals surface area contributed by atoms with Gasteiger partial charge in [0, 0.05) is 29.7 Å². The summed E-state index contributed by atoms with van der Waals surface area (Å²) in [5.74, 6) is -0.908. The van der Waals surface area contributed by atoms with Crippen LogP contribution in [0.1, 0.15) is 17.0 Å². The molecule has 0 saturated heterocycles. The average molecular weight is 439 g/mol. The highest BCUT2D eigenvalue weighted by Gasteiger charge is 2.16. The van der Waals surface area contributed by atoms with E-state index in [2.05, 4.69) is 9.97 Å². The van der Waals surface area contributed by atoms with Gasteiger partial charge in [0.2, 0.25) is 0 Å². The topological polar surface area (TPSA) is 80.9 Å². The van der Waals surface area contributed by atoms with Crippen LogP contribution in [0.3, 0.4) is 0 Å². The van der Waals surface area contributed by atoms with E-state index in [1.807, 2.05) is 79.0 Å². The van der Waals surface area contributed by atoms with Gasteiger partial charge in [-0.15, -0.1) is 11.3 Å². The molecule has 0 radical (unpaired) electrons. The third-order valence-electron chi connectivity index (χ3n) is 4.94. The zero-order chi connectivity index (χ0) is 21.9. The summed E-state index contributed by atoms with van der Waals surface area (Å²) in [5.41, 5.74) is 4.79. The predicted molar refractivity (Wildman–Crippen MR) is 127 cm³/mol. The van der Waals surface area contributed by atoms with Crippen LogP contribution in [0.2, 0.25) is 0 Å². The molecule has 0 unspecified atom stereocenters. The summed E-state index contributed by atoms with van der Waals surface area (Å²) in [4.78, 5) is 20.6. The Bertz CT molecular complexity index is 1390. The molecule has 5 rings (SSSR count). The van der Waals surface area contributed by atoms with Crippen molar-refractivity contribution in [1.29, 1.82) is 0 Å². The first kappa shape index (κ1) is 19.8. The van der Waals surface area contributed by atoms with Crippen LogP contribution < -0.4 is 0 Å².